The van der Waals surface area contributed by atoms with Crippen LogP contribution in [0.4, 0.5) is 0 Å². The molecule has 0 heterocycles. The Morgan fingerprint density at radius 2 is 1.67 bits per heavy atom. The summed E-state index contributed by atoms with van der Waals surface area (Å²) >= 11 is 0. The Morgan fingerprint density at radius 1 is 0.969 bits per heavy atom. The topological polar surface area (TPSA) is 197 Å². The quantitative estimate of drug-likeness (QED) is 0.0750. The molecule has 64 heavy (non-hydrogen) atoms. The third kappa shape index (κ3) is 4.54. The van der Waals surface area contributed by atoms with Crippen molar-refractivity contribution in [3.63, 3.8) is 0 Å². The molecule has 0 aliphatic heterocycles. The van der Waals surface area contributed by atoms with E-state index in [2.05, 4.69) is 32.9 Å². The lowest BCUT2D eigenvalue weighted by Crippen LogP contribution is -2.71. The monoisotopic (exact) mass is 865 g/mol. The van der Waals surface area contributed by atoms with Crippen molar-refractivity contribution in [3.8, 4) is 0 Å². The molecule has 10 heteroatoms. The molecule has 0 amide bonds. The van der Waals surface area contributed by atoms with Gasteiger partial charge in [0.15, 0.2) is 11.7 Å². The number of aliphatic imine (C=N–C) groups is 1. The summed E-state index contributed by atoms with van der Waals surface area (Å²) in [6, 6.07) is 9.21. The van der Waals surface area contributed by atoms with Crippen LogP contribution in [0.1, 0.15) is 105 Å². The first kappa shape index (κ1) is 42.0. The van der Waals surface area contributed by atoms with Crippen molar-refractivity contribution in [3.05, 3.63) is 111 Å². The zero-order chi connectivity index (χ0) is 45.5. The highest BCUT2D eigenvalue weighted by Crippen LogP contribution is 2.88. The van der Waals surface area contributed by atoms with Crippen LogP contribution in [0.15, 0.2) is 111 Å². The Labute approximate surface area is 375 Å². The number of nitrogens with zero attached hydrogens (tertiary/aromatic N) is 1. The summed E-state index contributed by atoms with van der Waals surface area (Å²) in [5.41, 5.74) is 7.42. The number of benzene rings is 1. The van der Waals surface area contributed by atoms with Crippen molar-refractivity contribution in [2.24, 2.45) is 79.0 Å². The van der Waals surface area contributed by atoms with Gasteiger partial charge in [-0.25, -0.2) is 9.79 Å². The van der Waals surface area contributed by atoms with Gasteiger partial charge in [-0.2, -0.15) is 0 Å². The van der Waals surface area contributed by atoms with E-state index in [0.29, 0.717) is 48.0 Å². The molecule has 0 unspecified atom stereocenters. The molecule has 11 rings (SSSR count). The molecule has 1 aromatic carbocycles. The minimum Gasteiger partial charge on any atom is -0.478 e. The zero-order valence-electron chi connectivity index (χ0n) is 37.9. The predicted octanol–water partition coefficient (Wildman–Crippen LogP) is 7.08. The lowest BCUT2D eigenvalue weighted by molar-refractivity contribution is -0.168. The number of aliphatic carboxylic acids is 1. The minimum absolute atomic E-state index is 0.00282. The number of rotatable bonds is 6. The summed E-state index contributed by atoms with van der Waals surface area (Å²) in [6.45, 7) is 11.9. The first-order chi connectivity index (χ1) is 30.1. The van der Waals surface area contributed by atoms with Gasteiger partial charge in [-0.15, -0.1) is 0 Å². The first-order valence-corrected chi connectivity index (χ1v) is 23.7. The van der Waals surface area contributed by atoms with Gasteiger partial charge in [-0.1, -0.05) is 127 Å². The number of ketones is 2. The predicted molar refractivity (Wildman–Crippen MR) is 244 cm³/mol. The largest absolute Gasteiger partial charge is 0.478 e. The number of Topliss-reactive ketones (excluding diaryl/α,β-unsaturated/α-hetero) is 2. The molecule has 13 atom stereocenters. The molecule has 0 radical (unpaired) electrons. The molecule has 1 spiro atoms. The highest BCUT2D eigenvalue weighted by atomic mass is 16.4. The average molecular weight is 866 g/mol. The van der Waals surface area contributed by atoms with Crippen LogP contribution in [-0.2, 0) is 14.4 Å². The lowest BCUT2D eigenvalue weighted by Gasteiger charge is -2.70. The fourth-order valence-electron chi connectivity index (χ4n) is 17.9. The van der Waals surface area contributed by atoms with Crippen molar-refractivity contribution in [2.45, 2.75) is 122 Å². The van der Waals surface area contributed by atoms with E-state index < -0.39 is 85.5 Å². The van der Waals surface area contributed by atoms with E-state index in [1.807, 2.05) is 68.5 Å². The second-order valence-corrected chi connectivity index (χ2v) is 22.7. The third-order valence-corrected chi connectivity index (χ3v) is 20.0. The number of carboxylic acid groups (broad SMARTS) is 1. The van der Waals surface area contributed by atoms with Crippen LogP contribution >= 0.6 is 0 Å². The normalized spacial score (nSPS) is 45.9. The van der Waals surface area contributed by atoms with E-state index >= 15 is 4.79 Å². The van der Waals surface area contributed by atoms with E-state index in [9.17, 15) is 30.0 Å². The summed E-state index contributed by atoms with van der Waals surface area (Å²) in [6.07, 6.45) is 19.0. The Hall–Kier alpha value is -4.64. The Balaban J connectivity index is 1.29. The van der Waals surface area contributed by atoms with Crippen LogP contribution in [0, 0.1) is 62.6 Å². The molecule has 10 aliphatic rings. The molecule has 0 aromatic heterocycles. The standard InChI is InChI=1S/C54H63N3O7/c1-28(45(60)61)25-52(62)33-19-17-31-24-32-26-53(63)34(18-16-29-12-8-7-9-13-29)42-47(2,3)37(59)21-22-48(42,4)41-36(58)27-49(5)50(6,44(41)53)54(32,64)43(38(31)33)51(49)23-20-35(57-46(55)56)40(52)39(51)30-14-10-11-15-30/h7-9,12-13,16,18-20,23,25-26,30,34-35,39-40,42-43,62-64H,10-11,14-15,17,21-22,24,27H2,1-6H3,(H,60,61)(H4,55,56,57)/b18-16+,28-25+/t34-,35+,39-,40-,42-,43-,48-,49+,50+,51+,52+,53-,54+/m1/s1. The highest BCUT2D eigenvalue weighted by molar-refractivity contribution is 6.02. The number of aliphatic hydroxyl groups is 3. The van der Waals surface area contributed by atoms with E-state index in [4.69, 9.17) is 16.5 Å². The summed E-state index contributed by atoms with van der Waals surface area (Å²) in [7, 11) is 0. The van der Waals surface area contributed by atoms with E-state index in [0.717, 1.165) is 42.4 Å². The van der Waals surface area contributed by atoms with Gasteiger partial charge >= 0.3 is 5.97 Å². The van der Waals surface area contributed by atoms with Crippen LogP contribution in [0.25, 0.3) is 6.08 Å². The number of carbonyl (C=O) groups is 3. The van der Waals surface area contributed by atoms with Gasteiger partial charge in [-0.3, -0.25) is 9.59 Å². The molecule has 0 saturated heterocycles. The summed E-state index contributed by atoms with van der Waals surface area (Å²) in [5, 5.41) is 53.5. The molecule has 10 nitrogen and oxygen atoms in total. The van der Waals surface area contributed by atoms with E-state index in [1.165, 1.54) is 13.0 Å². The first-order valence-electron chi connectivity index (χ1n) is 23.7. The number of allylic oxidation sites excluding steroid dienone is 4. The SMILES string of the molecule is C/C(=C\[C@]1(O)C2=CCC3=C2[C@@H]2[C@@]4(C=C[C@H](N=C(N)N)[C@@H]1[C@H]4C1CCCC1)[C@@]1(C)CC(=O)C4=C5[C@]1(C)[C@]2(O)C(=C[C@@]5(O)[C@H](/C=C/c1ccccc1)[C@@H]1C(C)(C)C(=O)CC[C@]41C)C3)C(=O)O. The molecule has 2 bridgehead atoms. The number of carboxylic acids is 1. The minimum atomic E-state index is -1.86. The van der Waals surface area contributed by atoms with Gasteiger partial charge in [0.05, 0.1) is 6.04 Å². The summed E-state index contributed by atoms with van der Waals surface area (Å²) in [4.78, 5) is 47.9. The fraction of sp³-hybridized carbons (Fsp3) is 0.556. The fourth-order valence-corrected chi connectivity index (χ4v) is 17.9. The molecule has 10 aliphatic carbocycles. The van der Waals surface area contributed by atoms with E-state index in [-0.39, 0.29) is 35.4 Å². The second kappa shape index (κ2) is 12.8. The maximum atomic E-state index is 16.1. The van der Waals surface area contributed by atoms with Gasteiger partial charge in [-0.05, 0) is 89.4 Å². The van der Waals surface area contributed by atoms with Gasteiger partial charge in [0.2, 0.25) is 0 Å². The van der Waals surface area contributed by atoms with Gasteiger partial charge in [0.25, 0.3) is 0 Å². The number of guanidine groups is 1. The van der Waals surface area contributed by atoms with Gasteiger partial charge in [0.1, 0.15) is 22.6 Å². The number of hydrogen-bond donors (Lipinski definition) is 6. The summed E-state index contributed by atoms with van der Waals surface area (Å²) in [5.74, 6) is -4.22. The lowest BCUT2D eigenvalue weighted by atomic mass is 9.34. The van der Waals surface area contributed by atoms with Crippen molar-refractivity contribution < 1.29 is 34.8 Å². The smallest absolute Gasteiger partial charge is 0.331 e. The molecule has 4 fully saturated rings. The number of hydrogen-bond acceptors (Lipinski definition) is 7. The Kier molecular flexibility index (Phi) is 8.42. The van der Waals surface area contributed by atoms with Crippen LogP contribution in [0.5, 0.6) is 0 Å². The Morgan fingerprint density at radius 3 is 2.34 bits per heavy atom. The van der Waals surface area contributed by atoms with Crippen molar-refractivity contribution >= 4 is 29.6 Å². The number of carbonyl (C=O) groups excluding carboxylic acids is 2. The van der Waals surface area contributed by atoms with Gasteiger partial charge in [0, 0.05) is 63.4 Å². The van der Waals surface area contributed by atoms with E-state index in [1.54, 1.807) is 0 Å². The highest BCUT2D eigenvalue weighted by Gasteiger charge is 2.89. The Bertz CT molecular complexity index is 2620. The van der Waals surface area contributed by atoms with Crippen LogP contribution < -0.4 is 11.5 Å². The average Bonchev–Trinajstić information content (AvgIpc) is 3.93. The molecule has 8 N–H and O–H groups in total. The van der Waals surface area contributed by atoms with Crippen LogP contribution in [-0.4, -0.2) is 66.8 Å². The van der Waals surface area contributed by atoms with Crippen molar-refractivity contribution in [1.29, 1.82) is 0 Å². The van der Waals surface area contributed by atoms with Crippen LogP contribution in [0.3, 0.4) is 0 Å². The molecular formula is C54H63N3O7. The second-order valence-electron chi connectivity index (χ2n) is 22.7. The van der Waals surface area contributed by atoms with Crippen molar-refractivity contribution in [2.75, 3.05) is 0 Å². The maximum Gasteiger partial charge on any atom is 0.331 e. The number of nitrogens with two attached hydrogens (primary N) is 2. The zero-order valence-corrected chi connectivity index (χ0v) is 37.9. The van der Waals surface area contributed by atoms with Gasteiger partial charge < -0.3 is 31.9 Å². The summed E-state index contributed by atoms with van der Waals surface area (Å²) < 4.78 is 0. The number of fused-ring (bicyclic) bond motifs is 3. The van der Waals surface area contributed by atoms with Crippen molar-refractivity contribution in [1.82, 2.24) is 0 Å². The molecular weight excluding hydrogens is 803 g/mol. The maximum absolute atomic E-state index is 16.1. The molecule has 4 saturated carbocycles. The van der Waals surface area contributed by atoms with Crippen LogP contribution in [0.2, 0.25) is 0 Å². The third-order valence-electron chi connectivity index (χ3n) is 20.0. The molecule has 336 valence electrons. The molecule has 1 aromatic rings.